The second kappa shape index (κ2) is 9.36. The van der Waals surface area contributed by atoms with Crippen LogP contribution < -0.4 is 15.8 Å². The molecule has 0 spiro atoms. The van der Waals surface area contributed by atoms with Crippen LogP contribution in [0.2, 0.25) is 0 Å². The number of likely N-dealkylation sites (tertiary alicyclic amines) is 1. The van der Waals surface area contributed by atoms with Gasteiger partial charge in [-0.3, -0.25) is 4.79 Å². The van der Waals surface area contributed by atoms with Gasteiger partial charge in [-0.15, -0.1) is 0 Å². The van der Waals surface area contributed by atoms with Crippen LogP contribution in [0.1, 0.15) is 24.8 Å². The summed E-state index contributed by atoms with van der Waals surface area (Å²) in [6, 6.07) is 17.2. The molecule has 1 amide bonds. The minimum absolute atomic E-state index is 0.0591. The number of rotatable bonds is 7. The standard InChI is InChI=1S/C21H27N3O2/c22-20(21(25)24-13-5-2-6-14-24)16-23-15-17-9-11-19(12-10-17)26-18-7-3-1-4-8-18/h1,3-4,7-12,20,23H,2,5-6,13-16,22H2. The Labute approximate surface area is 155 Å². The third kappa shape index (κ3) is 5.31. The monoisotopic (exact) mass is 353 g/mol. The largest absolute Gasteiger partial charge is 0.457 e. The van der Waals surface area contributed by atoms with Crippen LogP contribution >= 0.6 is 0 Å². The van der Waals surface area contributed by atoms with Crippen LogP contribution in [0.5, 0.6) is 11.5 Å². The van der Waals surface area contributed by atoms with E-state index in [1.807, 2.05) is 59.5 Å². The van der Waals surface area contributed by atoms with E-state index >= 15 is 0 Å². The zero-order valence-corrected chi connectivity index (χ0v) is 15.1. The molecule has 0 saturated carbocycles. The molecule has 0 aliphatic carbocycles. The van der Waals surface area contributed by atoms with E-state index in [9.17, 15) is 4.79 Å². The van der Waals surface area contributed by atoms with Crippen molar-refractivity contribution in [2.24, 2.45) is 5.73 Å². The number of ether oxygens (including phenoxy) is 1. The van der Waals surface area contributed by atoms with Crippen LogP contribution in [0.25, 0.3) is 0 Å². The predicted molar refractivity (Wildman–Crippen MR) is 103 cm³/mol. The number of hydrogen-bond acceptors (Lipinski definition) is 4. The first kappa shape index (κ1) is 18.4. The fourth-order valence-electron chi connectivity index (χ4n) is 3.11. The molecule has 5 heteroatoms. The zero-order chi connectivity index (χ0) is 18.2. The summed E-state index contributed by atoms with van der Waals surface area (Å²) in [5, 5.41) is 3.28. The van der Waals surface area contributed by atoms with E-state index in [2.05, 4.69) is 5.32 Å². The minimum atomic E-state index is -0.478. The molecule has 1 saturated heterocycles. The van der Waals surface area contributed by atoms with Gasteiger partial charge in [0.25, 0.3) is 0 Å². The molecule has 0 bridgehead atoms. The normalized spacial score (nSPS) is 15.5. The predicted octanol–water partition coefficient (Wildman–Crippen LogP) is 2.91. The molecule has 3 N–H and O–H groups in total. The van der Waals surface area contributed by atoms with Crippen molar-refractivity contribution in [3.05, 3.63) is 60.2 Å². The maximum absolute atomic E-state index is 12.3. The summed E-state index contributed by atoms with van der Waals surface area (Å²) in [4.78, 5) is 14.2. The molecule has 1 heterocycles. The van der Waals surface area contributed by atoms with Gasteiger partial charge in [0.15, 0.2) is 0 Å². The van der Waals surface area contributed by atoms with Crippen LogP contribution in [-0.4, -0.2) is 36.5 Å². The number of amides is 1. The van der Waals surface area contributed by atoms with Gasteiger partial charge in [-0.25, -0.2) is 0 Å². The van der Waals surface area contributed by atoms with Crippen molar-refractivity contribution in [3.8, 4) is 11.5 Å². The molecule has 26 heavy (non-hydrogen) atoms. The molecule has 1 atom stereocenters. The van der Waals surface area contributed by atoms with Crippen LogP contribution in [0.3, 0.4) is 0 Å². The first-order valence-electron chi connectivity index (χ1n) is 9.29. The van der Waals surface area contributed by atoms with Crippen molar-refractivity contribution < 1.29 is 9.53 Å². The van der Waals surface area contributed by atoms with Crippen molar-refractivity contribution in [1.82, 2.24) is 10.2 Å². The molecule has 5 nitrogen and oxygen atoms in total. The minimum Gasteiger partial charge on any atom is -0.457 e. The molecule has 0 radical (unpaired) electrons. The first-order valence-corrected chi connectivity index (χ1v) is 9.29. The summed E-state index contributed by atoms with van der Waals surface area (Å²) in [5.74, 6) is 1.68. The summed E-state index contributed by atoms with van der Waals surface area (Å²) in [5.41, 5.74) is 7.18. The second-order valence-electron chi connectivity index (χ2n) is 6.68. The summed E-state index contributed by atoms with van der Waals surface area (Å²) in [6.45, 7) is 2.84. The molecule has 138 valence electrons. The molecule has 1 aliphatic rings. The molecule has 3 rings (SSSR count). The van der Waals surface area contributed by atoms with E-state index in [1.165, 1.54) is 6.42 Å². The Kier molecular flexibility index (Phi) is 6.63. The fourth-order valence-corrected chi connectivity index (χ4v) is 3.11. The number of carbonyl (C=O) groups excluding carboxylic acids is 1. The van der Waals surface area contributed by atoms with Crippen LogP contribution in [0.4, 0.5) is 0 Å². The highest BCUT2D eigenvalue weighted by Crippen LogP contribution is 2.21. The van der Waals surface area contributed by atoms with Gasteiger partial charge in [0.2, 0.25) is 5.91 Å². The van der Waals surface area contributed by atoms with Crippen molar-refractivity contribution in [2.75, 3.05) is 19.6 Å². The van der Waals surface area contributed by atoms with Gasteiger partial charge in [0, 0.05) is 26.2 Å². The second-order valence-corrected chi connectivity index (χ2v) is 6.68. The van der Waals surface area contributed by atoms with Gasteiger partial charge >= 0.3 is 0 Å². The van der Waals surface area contributed by atoms with Crippen molar-refractivity contribution in [2.45, 2.75) is 31.8 Å². The average molecular weight is 353 g/mol. The SMILES string of the molecule is NC(CNCc1ccc(Oc2ccccc2)cc1)C(=O)N1CCCCC1. The summed E-state index contributed by atoms with van der Waals surface area (Å²) >= 11 is 0. The molecule has 2 aromatic carbocycles. The molecule has 2 aromatic rings. The number of nitrogens with one attached hydrogen (secondary N) is 1. The maximum atomic E-state index is 12.3. The lowest BCUT2D eigenvalue weighted by atomic mass is 10.1. The summed E-state index contributed by atoms with van der Waals surface area (Å²) in [6.07, 6.45) is 3.38. The van der Waals surface area contributed by atoms with Crippen molar-refractivity contribution in [1.29, 1.82) is 0 Å². The van der Waals surface area contributed by atoms with Gasteiger partial charge < -0.3 is 20.7 Å². The number of benzene rings is 2. The van der Waals surface area contributed by atoms with Gasteiger partial charge in [-0.2, -0.15) is 0 Å². The quantitative estimate of drug-likeness (QED) is 0.803. The summed E-state index contributed by atoms with van der Waals surface area (Å²) in [7, 11) is 0. The van der Waals surface area contributed by atoms with E-state index in [0.717, 1.165) is 43.0 Å². The lowest BCUT2D eigenvalue weighted by molar-refractivity contribution is -0.133. The Bertz CT molecular complexity index is 682. The number of hydrogen-bond donors (Lipinski definition) is 2. The van der Waals surface area contributed by atoms with E-state index in [4.69, 9.17) is 10.5 Å². The van der Waals surface area contributed by atoms with Crippen LogP contribution in [-0.2, 0) is 11.3 Å². The van der Waals surface area contributed by atoms with E-state index in [0.29, 0.717) is 13.1 Å². The molecule has 1 aliphatic heterocycles. The third-order valence-corrected chi connectivity index (χ3v) is 4.58. The Morgan fingerprint density at radius 2 is 1.65 bits per heavy atom. The molecular formula is C21H27N3O2. The smallest absolute Gasteiger partial charge is 0.240 e. The fraction of sp³-hybridized carbons (Fsp3) is 0.381. The van der Waals surface area contributed by atoms with E-state index in [1.54, 1.807) is 0 Å². The maximum Gasteiger partial charge on any atom is 0.240 e. The Balaban J connectivity index is 1.42. The van der Waals surface area contributed by atoms with Crippen LogP contribution in [0, 0.1) is 0 Å². The van der Waals surface area contributed by atoms with Gasteiger partial charge in [-0.05, 0) is 49.1 Å². The lowest BCUT2D eigenvalue weighted by Crippen LogP contribution is -2.50. The topological polar surface area (TPSA) is 67.6 Å². The first-order chi connectivity index (χ1) is 12.7. The number of nitrogens with zero attached hydrogens (tertiary/aromatic N) is 1. The highest BCUT2D eigenvalue weighted by molar-refractivity contribution is 5.82. The zero-order valence-electron chi connectivity index (χ0n) is 15.1. The molecular weight excluding hydrogens is 326 g/mol. The van der Waals surface area contributed by atoms with Gasteiger partial charge in [0.05, 0.1) is 6.04 Å². The molecule has 1 fully saturated rings. The number of piperidine rings is 1. The third-order valence-electron chi connectivity index (χ3n) is 4.58. The van der Waals surface area contributed by atoms with Gasteiger partial charge in [-0.1, -0.05) is 30.3 Å². The van der Waals surface area contributed by atoms with Crippen molar-refractivity contribution >= 4 is 5.91 Å². The van der Waals surface area contributed by atoms with Crippen LogP contribution in [0.15, 0.2) is 54.6 Å². The van der Waals surface area contributed by atoms with Crippen molar-refractivity contribution in [3.63, 3.8) is 0 Å². The van der Waals surface area contributed by atoms with E-state index < -0.39 is 6.04 Å². The average Bonchev–Trinajstić information content (AvgIpc) is 2.70. The number of carbonyl (C=O) groups is 1. The number of para-hydroxylation sites is 1. The van der Waals surface area contributed by atoms with Gasteiger partial charge in [0.1, 0.15) is 11.5 Å². The molecule has 0 aromatic heterocycles. The Morgan fingerprint density at radius 3 is 2.35 bits per heavy atom. The molecule has 1 unspecified atom stereocenters. The number of nitrogens with two attached hydrogens (primary N) is 1. The lowest BCUT2D eigenvalue weighted by Gasteiger charge is -2.29. The van der Waals surface area contributed by atoms with E-state index in [-0.39, 0.29) is 5.91 Å². The highest BCUT2D eigenvalue weighted by atomic mass is 16.5. The highest BCUT2D eigenvalue weighted by Gasteiger charge is 2.21. The Morgan fingerprint density at radius 1 is 1.00 bits per heavy atom. The Hall–Kier alpha value is -2.37. The summed E-state index contributed by atoms with van der Waals surface area (Å²) < 4.78 is 5.78.